The van der Waals surface area contributed by atoms with Crippen LogP contribution in [0.5, 0.6) is 0 Å². The lowest BCUT2D eigenvalue weighted by atomic mass is 10.0. The Morgan fingerprint density at radius 1 is 1.42 bits per heavy atom. The predicted octanol–water partition coefficient (Wildman–Crippen LogP) is 3.05. The van der Waals surface area contributed by atoms with Gasteiger partial charge in [-0.25, -0.2) is 9.50 Å². The largest absolute Gasteiger partial charge is 0.483 e. The van der Waals surface area contributed by atoms with Gasteiger partial charge in [0.25, 0.3) is 6.47 Å². The van der Waals surface area contributed by atoms with Gasteiger partial charge < -0.3 is 15.7 Å². The van der Waals surface area contributed by atoms with E-state index in [9.17, 15) is 0 Å². The number of carbonyl (C=O) groups is 1. The number of halogens is 1. The molecular formula is C17H20ClN5O2S. The van der Waals surface area contributed by atoms with Crippen LogP contribution < -0.4 is 10.6 Å². The van der Waals surface area contributed by atoms with Gasteiger partial charge in [-0.3, -0.25) is 4.79 Å². The number of carboxylic acid groups (broad SMARTS) is 1. The Balaban J connectivity index is 0.000000613. The molecule has 1 aliphatic rings. The molecule has 1 fully saturated rings. The molecule has 9 heteroatoms. The topological polar surface area (TPSA) is 96.8 Å². The summed E-state index contributed by atoms with van der Waals surface area (Å²) in [6.45, 7) is 5.64. The Morgan fingerprint density at radius 3 is 2.69 bits per heavy atom. The summed E-state index contributed by atoms with van der Waals surface area (Å²) in [7, 11) is 0. The SMILES string of the molecule is Cc1c(-c2ccccc2Cl)nc2sc(N3CCC(C)(N)C3)nn12.O=CO. The highest BCUT2D eigenvalue weighted by atomic mass is 35.5. The van der Waals surface area contributed by atoms with E-state index in [2.05, 4.69) is 11.8 Å². The van der Waals surface area contributed by atoms with Crippen molar-refractivity contribution < 1.29 is 9.90 Å². The van der Waals surface area contributed by atoms with Crippen molar-refractivity contribution in [3.8, 4) is 11.3 Å². The number of hydrogen-bond donors (Lipinski definition) is 2. The van der Waals surface area contributed by atoms with Crippen LogP contribution in [0.15, 0.2) is 24.3 Å². The molecule has 1 aliphatic heterocycles. The molecule has 0 spiro atoms. The highest BCUT2D eigenvalue weighted by Crippen LogP contribution is 2.34. The first-order valence-corrected chi connectivity index (χ1v) is 9.28. The molecule has 2 aromatic heterocycles. The van der Waals surface area contributed by atoms with Crippen LogP contribution in [-0.4, -0.2) is 44.8 Å². The van der Waals surface area contributed by atoms with E-state index in [-0.39, 0.29) is 12.0 Å². The monoisotopic (exact) mass is 393 g/mol. The van der Waals surface area contributed by atoms with E-state index in [1.807, 2.05) is 35.7 Å². The molecule has 1 atom stereocenters. The minimum atomic E-state index is -0.250. The summed E-state index contributed by atoms with van der Waals surface area (Å²) in [4.78, 5) is 16.2. The van der Waals surface area contributed by atoms with Crippen molar-refractivity contribution in [2.24, 2.45) is 5.73 Å². The molecule has 0 aliphatic carbocycles. The lowest BCUT2D eigenvalue weighted by Gasteiger charge is -2.18. The number of hydrogen-bond acceptors (Lipinski definition) is 6. The summed E-state index contributed by atoms with van der Waals surface area (Å²) in [5, 5.41) is 13.3. The normalized spacial score (nSPS) is 19.5. The van der Waals surface area contributed by atoms with E-state index in [1.165, 1.54) is 0 Å². The molecule has 3 aromatic rings. The van der Waals surface area contributed by atoms with Crippen molar-refractivity contribution in [2.75, 3.05) is 18.0 Å². The zero-order valence-corrected chi connectivity index (χ0v) is 16.1. The van der Waals surface area contributed by atoms with Crippen molar-refractivity contribution >= 4 is 39.5 Å². The molecule has 1 unspecified atom stereocenters. The lowest BCUT2D eigenvalue weighted by Crippen LogP contribution is -2.39. The Kier molecular flexibility index (Phi) is 5.17. The average Bonchev–Trinajstić information content (AvgIpc) is 3.23. The summed E-state index contributed by atoms with van der Waals surface area (Å²) in [5.74, 6) is 0. The molecule has 3 heterocycles. The van der Waals surface area contributed by atoms with Gasteiger partial charge in [-0.15, -0.1) is 5.10 Å². The molecule has 3 N–H and O–H groups in total. The van der Waals surface area contributed by atoms with E-state index in [0.717, 1.165) is 46.6 Å². The standard InChI is InChI=1S/C16H18ClN5S.CH2O2/c1-10-13(11-5-3-4-6-12(11)17)19-14-22(10)20-15(23-14)21-8-7-16(2,18)9-21;2-1-3/h3-6H,7-9,18H2,1-2H3;1H,(H,2,3). The Bertz CT molecular complexity index is 937. The lowest BCUT2D eigenvalue weighted by molar-refractivity contribution is -0.122. The third-order valence-electron chi connectivity index (χ3n) is 4.32. The number of anilines is 1. The maximum atomic E-state index is 8.36. The smallest absolute Gasteiger partial charge is 0.290 e. The van der Waals surface area contributed by atoms with Gasteiger partial charge >= 0.3 is 0 Å². The van der Waals surface area contributed by atoms with Gasteiger partial charge in [-0.1, -0.05) is 41.1 Å². The summed E-state index contributed by atoms with van der Waals surface area (Å²) in [5.41, 5.74) is 8.93. The fourth-order valence-corrected chi connectivity index (χ4v) is 4.22. The molecule has 0 radical (unpaired) electrons. The van der Waals surface area contributed by atoms with E-state index in [0.29, 0.717) is 5.02 Å². The first kappa shape index (κ1) is 18.6. The van der Waals surface area contributed by atoms with Crippen LogP contribution >= 0.6 is 22.9 Å². The fraction of sp³-hybridized carbons (Fsp3) is 0.353. The maximum Gasteiger partial charge on any atom is 0.290 e. The van der Waals surface area contributed by atoms with Crippen molar-refractivity contribution in [1.29, 1.82) is 0 Å². The molecule has 138 valence electrons. The first-order chi connectivity index (χ1) is 12.4. The van der Waals surface area contributed by atoms with Gasteiger partial charge in [0.15, 0.2) is 0 Å². The van der Waals surface area contributed by atoms with Crippen molar-refractivity contribution in [2.45, 2.75) is 25.8 Å². The zero-order chi connectivity index (χ0) is 18.9. The van der Waals surface area contributed by atoms with Gasteiger partial charge in [-0.2, -0.15) is 0 Å². The molecule has 7 nitrogen and oxygen atoms in total. The maximum absolute atomic E-state index is 8.36. The number of aromatic nitrogens is 3. The van der Waals surface area contributed by atoms with Crippen LogP contribution in [0.2, 0.25) is 5.02 Å². The summed E-state index contributed by atoms with van der Waals surface area (Å²) in [6, 6.07) is 7.77. The van der Waals surface area contributed by atoms with Gasteiger partial charge in [-0.05, 0) is 26.3 Å². The van der Waals surface area contributed by atoms with Gasteiger partial charge in [0.05, 0.1) is 16.4 Å². The zero-order valence-electron chi connectivity index (χ0n) is 14.5. The molecular weight excluding hydrogens is 374 g/mol. The fourth-order valence-electron chi connectivity index (χ4n) is 3.02. The molecule has 0 saturated carbocycles. The number of nitrogens with zero attached hydrogens (tertiary/aromatic N) is 4. The van der Waals surface area contributed by atoms with Crippen LogP contribution in [0.4, 0.5) is 5.13 Å². The Morgan fingerprint density at radius 2 is 2.12 bits per heavy atom. The predicted molar refractivity (Wildman–Crippen MR) is 104 cm³/mol. The van der Waals surface area contributed by atoms with Crippen LogP contribution in [-0.2, 0) is 4.79 Å². The third kappa shape index (κ3) is 3.53. The minimum absolute atomic E-state index is 0.133. The highest BCUT2D eigenvalue weighted by Gasteiger charge is 2.32. The molecule has 0 bridgehead atoms. The van der Waals surface area contributed by atoms with Gasteiger partial charge in [0, 0.05) is 24.2 Å². The minimum Gasteiger partial charge on any atom is -0.483 e. The van der Waals surface area contributed by atoms with Crippen LogP contribution in [0.1, 0.15) is 19.0 Å². The molecule has 26 heavy (non-hydrogen) atoms. The van der Waals surface area contributed by atoms with E-state index in [4.69, 9.17) is 37.3 Å². The molecule has 1 saturated heterocycles. The average molecular weight is 394 g/mol. The first-order valence-electron chi connectivity index (χ1n) is 8.09. The quantitative estimate of drug-likeness (QED) is 0.649. The van der Waals surface area contributed by atoms with Crippen LogP contribution in [0.3, 0.4) is 0 Å². The van der Waals surface area contributed by atoms with E-state index < -0.39 is 0 Å². The van der Waals surface area contributed by atoms with Crippen molar-refractivity contribution in [3.63, 3.8) is 0 Å². The number of benzene rings is 1. The van der Waals surface area contributed by atoms with Crippen LogP contribution in [0, 0.1) is 6.92 Å². The van der Waals surface area contributed by atoms with Gasteiger partial charge in [0.2, 0.25) is 10.1 Å². The van der Waals surface area contributed by atoms with E-state index in [1.54, 1.807) is 11.3 Å². The molecule has 4 rings (SSSR count). The second-order valence-corrected chi connectivity index (χ2v) is 7.88. The van der Waals surface area contributed by atoms with Crippen molar-refractivity contribution in [1.82, 2.24) is 14.6 Å². The van der Waals surface area contributed by atoms with Crippen molar-refractivity contribution in [3.05, 3.63) is 35.0 Å². The summed E-state index contributed by atoms with van der Waals surface area (Å²) < 4.78 is 1.91. The Hall–Kier alpha value is -2.16. The second-order valence-electron chi connectivity index (χ2n) is 6.54. The number of imidazole rings is 1. The van der Waals surface area contributed by atoms with Crippen LogP contribution in [0.25, 0.3) is 16.2 Å². The highest BCUT2D eigenvalue weighted by molar-refractivity contribution is 7.20. The molecule has 0 amide bonds. The number of aryl methyl sites for hydroxylation is 1. The number of nitrogens with two attached hydrogens (primary N) is 1. The molecule has 1 aromatic carbocycles. The number of rotatable bonds is 2. The van der Waals surface area contributed by atoms with E-state index >= 15 is 0 Å². The van der Waals surface area contributed by atoms with Gasteiger partial charge in [0.1, 0.15) is 0 Å². The third-order valence-corrected chi connectivity index (χ3v) is 5.62. The Labute approximate surface area is 160 Å². The summed E-state index contributed by atoms with van der Waals surface area (Å²) in [6.07, 6.45) is 0.985. The summed E-state index contributed by atoms with van der Waals surface area (Å²) >= 11 is 7.90. The number of fused-ring (bicyclic) bond motifs is 1. The second kappa shape index (κ2) is 7.22.